The molecule has 0 radical (unpaired) electrons. The van der Waals surface area contributed by atoms with E-state index < -0.39 is 0 Å². The Labute approximate surface area is 78.8 Å². The smallest absolute Gasteiger partial charge is 0.151 e. The van der Waals surface area contributed by atoms with Crippen molar-refractivity contribution in [3.8, 4) is 0 Å². The van der Waals surface area contributed by atoms with E-state index in [2.05, 4.69) is 4.98 Å². The minimum atomic E-state index is 0.384. The second-order valence-electron chi connectivity index (χ2n) is 2.69. The lowest BCUT2D eigenvalue weighted by Crippen LogP contribution is -1.94. The molecule has 0 aliphatic rings. The van der Waals surface area contributed by atoms with Crippen LogP contribution in [-0.2, 0) is 4.74 Å². The SMILES string of the molecule is COC(C)C.O=Cc1cccnc1. The molecule has 0 amide bonds. The first-order valence-corrected chi connectivity index (χ1v) is 4.08. The molecule has 72 valence electrons. The summed E-state index contributed by atoms with van der Waals surface area (Å²) in [6, 6.07) is 3.43. The number of aromatic nitrogens is 1. The van der Waals surface area contributed by atoms with Crippen LogP contribution in [-0.4, -0.2) is 24.5 Å². The number of hydrogen-bond acceptors (Lipinski definition) is 3. The first-order chi connectivity index (χ1) is 6.20. The molecule has 0 aromatic carbocycles. The summed E-state index contributed by atoms with van der Waals surface area (Å²) >= 11 is 0. The largest absolute Gasteiger partial charge is 0.382 e. The Balaban J connectivity index is 0.000000252. The number of methoxy groups -OCH3 is 1. The fourth-order valence-electron chi connectivity index (χ4n) is 0.446. The van der Waals surface area contributed by atoms with Gasteiger partial charge in [0.15, 0.2) is 6.29 Å². The van der Waals surface area contributed by atoms with Crippen LogP contribution in [0.3, 0.4) is 0 Å². The number of nitrogens with zero attached hydrogens (tertiary/aromatic N) is 1. The Bertz CT molecular complexity index is 222. The highest BCUT2D eigenvalue weighted by atomic mass is 16.5. The van der Waals surface area contributed by atoms with E-state index in [1.165, 1.54) is 6.20 Å². The maximum Gasteiger partial charge on any atom is 0.151 e. The van der Waals surface area contributed by atoms with Crippen LogP contribution >= 0.6 is 0 Å². The van der Waals surface area contributed by atoms with E-state index in [4.69, 9.17) is 4.74 Å². The second-order valence-corrected chi connectivity index (χ2v) is 2.69. The van der Waals surface area contributed by atoms with E-state index >= 15 is 0 Å². The van der Waals surface area contributed by atoms with Gasteiger partial charge in [-0.1, -0.05) is 0 Å². The molecule has 0 spiro atoms. The van der Waals surface area contributed by atoms with Crippen LogP contribution in [0, 0.1) is 0 Å². The van der Waals surface area contributed by atoms with Gasteiger partial charge in [-0.15, -0.1) is 0 Å². The lowest BCUT2D eigenvalue weighted by molar-refractivity contribution is 0.112. The van der Waals surface area contributed by atoms with E-state index in [0.717, 1.165) is 6.29 Å². The van der Waals surface area contributed by atoms with E-state index in [-0.39, 0.29) is 0 Å². The maximum absolute atomic E-state index is 9.97. The maximum atomic E-state index is 9.97. The van der Waals surface area contributed by atoms with Crippen molar-refractivity contribution in [1.29, 1.82) is 0 Å². The predicted octanol–water partition coefficient (Wildman–Crippen LogP) is 1.94. The standard InChI is InChI=1S/C6H5NO.C4H10O/c8-5-6-2-1-3-7-4-6;1-4(2)5-3/h1-5H;4H,1-3H3. The molecule has 0 aliphatic carbocycles. The summed E-state index contributed by atoms with van der Waals surface area (Å²) < 4.78 is 4.75. The summed E-state index contributed by atoms with van der Waals surface area (Å²) in [7, 11) is 1.70. The fourth-order valence-corrected chi connectivity index (χ4v) is 0.446. The molecule has 0 N–H and O–H groups in total. The van der Waals surface area contributed by atoms with Gasteiger partial charge in [0.1, 0.15) is 0 Å². The Hall–Kier alpha value is -1.22. The summed E-state index contributed by atoms with van der Waals surface area (Å²) in [5.41, 5.74) is 0.618. The summed E-state index contributed by atoms with van der Waals surface area (Å²) in [6.45, 7) is 4.00. The summed E-state index contributed by atoms with van der Waals surface area (Å²) in [6.07, 6.45) is 4.31. The van der Waals surface area contributed by atoms with Crippen molar-refractivity contribution in [2.45, 2.75) is 20.0 Å². The van der Waals surface area contributed by atoms with Gasteiger partial charge in [0.25, 0.3) is 0 Å². The Kier molecular flexibility index (Phi) is 6.73. The van der Waals surface area contributed by atoms with Gasteiger partial charge in [0.05, 0.1) is 6.10 Å². The summed E-state index contributed by atoms with van der Waals surface area (Å²) in [5.74, 6) is 0. The van der Waals surface area contributed by atoms with Crippen molar-refractivity contribution in [2.24, 2.45) is 0 Å². The van der Waals surface area contributed by atoms with Gasteiger partial charge in [-0.2, -0.15) is 0 Å². The Morgan fingerprint density at radius 2 is 2.15 bits per heavy atom. The lowest BCUT2D eigenvalue weighted by atomic mass is 10.3. The van der Waals surface area contributed by atoms with Crippen molar-refractivity contribution >= 4 is 6.29 Å². The molecule has 1 aromatic rings. The molecule has 3 nitrogen and oxygen atoms in total. The van der Waals surface area contributed by atoms with Gasteiger partial charge in [-0.3, -0.25) is 9.78 Å². The van der Waals surface area contributed by atoms with Crippen LogP contribution in [0.15, 0.2) is 24.5 Å². The highest BCUT2D eigenvalue weighted by molar-refractivity contribution is 5.73. The topological polar surface area (TPSA) is 39.2 Å². The molecular formula is C10H15NO2. The number of ether oxygens (including phenoxy) is 1. The number of rotatable bonds is 2. The molecule has 0 atom stereocenters. The van der Waals surface area contributed by atoms with Crippen LogP contribution < -0.4 is 0 Å². The van der Waals surface area contributed by atoms with Crippen LogP contribution in [0.25, 0.3) is 0 Å². The molecule has 0 saturated heterocycles. The summed E-state index contributed by atoms with van der Waals surface area (Å²) in [4.78, 5) is 13.7. The third kappa shape index (κ3) is 7.15. The zero-order chi connectivity index (χ0) is 10.1. The zero-order valence-corrected chi connectivity index (χ0v) is 8.23. The first-order valence-electron chi connectivity index (χ1n) is 4.08. The van der Waals surface area contributed by atoms with E-state index in [0.29, 0.717) is 11.7 Å². The molecule has 0 bridgehead atoms. The van der Waals surface area contributed by atoms with Crippen molar-refractivity contribution in [2.75, 3.05) is 7.11 Å². The van der Waals surface area contributed by atoms with Crippen molar-refractivity contribution in [3.63, 3.8) is 0 Å². The van der Waals surface area contributed by atoms with Gasteiger partial charge in [-0.25, -0.2) is 0 Å². The highest BCUT2D eigenvalue weighted by Gasteiger charge is 1.81. The molecule has 0 aliphatic heterocycles. The number of aldehydes is 1. The molecule has 3 heteroatoms. The monoisotopic (exact) mass is 181 g/mol. The fraction of sp³-hybridized carbons (Fsp3) is 0.400. The van der Waals surface area contributed by atoms with E-state index in [1.54, 1.807) is 25.4 Å². The number of pyridine rings is 1. The van der Waals surface area contributed by atoms with Crippen LogP contribution in [0.5, 0.6) is 0 Å². The van der Waals surface area contributed by atoms with Gasteiger partial charge in [0.2, 0.25) is 0 Å². The van der Waals surface area contributed by atoms with Crippen LogP contribution in [0.4, 0.5) is 0 Å². The molecule has 0 fully saturated rings. The van der Waals surface area contributed by atoms with Crippen molar-refractivity contribution in [3.05, 3.63) is 30.1 Å². The van der Waals surface area contributed by atoms with Gasteiger partial charge < -0.3 is 4.74 Å². The molecule has 13 heavy (non-hydrogen) atoms. The quantitative estimate of drug-likeness (QED) is 0.654. The van der Waals surface area contributed by atoms with Crippen LogP contribution in [0.1, 0.15) is 24.2 Å². The number of carbonyl (C=O) groups is 1. The van der Waals surface area contributed by atoms with Crippen molar-refractivity contribution < 1.29 is 9.53 Å². The lowest BCUT2D eigenvalue weighted by Gasteiger charge is -1.94. The molecule has 1 rings (SSSR count). The van der Waals surface area contributed by atoms with Gasteiger partial charge in [0, 0.05) is 25.1 Å². The summed E-state index contributed by atoms with van der Waals surface area (Å²) in [5, 5.41) is 0. The molecule has 0 saturated carbocycles. The average molecular weight is 181 g/mol. The molecule has 1 aromatic heterocycles. The molecular weight excluding hydrogens is 166 g/mol. The molecule has 1 heterocycles. The minimum Gasteiger partial charge on any atom is -0.382 e. The normalized spacial score (nSPS) is 8.92. The van der Waals surface area contributed by atoms with E-state index in [1.807, 2.05) is 13.8 Å². The second kappa shape index (κ2) is 7.43. The highest BCUT2D eigenvalue weighted by Crippen LogP contribution is 1.87. The van der Waals surface area contributed by atoms with E-state index in [9.17, 15) is 4.79 Å². The first kappa shape index (κ1) is 11.8. The van der Waals surface area contributed by atoms with Gasteiger partial charge >= 0.3 is 0 Å². The Morgan fingerprint density at radius 3 is 2.38 bits per heavy atom. The third-order valence-corrected chi connectivity index (χ3v) is 1.29. The average Bonchev–Trinajstić information content (AvgIpc) is 2.20. The van der Waals surface area contributed by atoms with Crippen LogP contribution in [0.2, 0.25) is 0 Å². The Morgan fingerprint density at radius 1 is 1.54 bits per heavy atom. The van der Waals surface area contributed by atoms with Crippen molar-refractivity contribution in [1.82, 2.24) is 4.98 Å². The minimum absolute atomic E-state index is 0.384. The molecule has 0 unspecified atom stereocenters. The predicted molar refractivity (Wildman–Crippen MR) is 51.8 cm³/mol. The van der Waals surface area contributed by atoms with Gasteiger partial charge in [-0.05, 0) is 26.0 Å². The number of hydrogen-bond donors (Lipinski definition) is 0. The number of carbonyl (C=O) groups excluding carboxylic acids is 1. The third-order valence-electron chi connectivity index (χ3n) is 1.29. The zero-order valence-electron chi connectivity index (χ0n) is 8.23.